The molecule has 29 heavy (non-hydrogen) atoms. The number of rotatable bonds is 4. The molecule has 0 N–H and O–H groups in total. The molecule has 1 aromatic rings. The van der Waals surface area contributed by atoms with Crippen molar-refractivity contribution in [3.05, 3.63) is 34.4 Å². The summed E-state index contributed by atoms with van der Waals surface area (Å²) in [6.45, 7) is 5.58. The van der Waals surface area contributed by atoms with Gasteiger partial charge in [0.05, 0.1) is 10.6 Å². The Morgan fingerprint density at radius 3 is 1.76 bits per heavy atom. The summed E-state index contributed by atoms with van der Waals surface area (Å²) < 4.78 is 5.37. The lowest BCUT2D eigenvalue weighted by atomic mass is 9.99. The Morgan fingerprint density at radius 1 is 0.759 bits per heavy atom. The van der Waals surface area contributed by atoms with Gasteiger partial charge in [-0.25, -0.2) is 14.5 Å². The number of carbonyl (C=O) groups excluding carboxylic acids is 2. The molecule has 6 heteroatoms. The minimum absolute atomic E-state index is 0.192. The summed E-state index contributed by atoms with van der Waals surface area (Å²) in [5, 5.41) is 4.41. The smallest absolute Gasteiger partial charge is 0.429 e. The van der Waals surface area contributed by atoms with E-state index in [1.165, 1.54) is 32.1 Å². The second kappa shape index (κ2) is 12.5. The van der Waals surface area contributed by atoms with Gasteiger partial charge in [-0.1, -0.05) is 62.6 Å². The standard InChI is InChI=1S/C23H34O6/c1-17-15-18(2)21(19(3)16-17)22(24)27-29-28-23(25)26-20-13-11-9-7-5-4-6-8-10-12-14-20/h15-16,20H,4-14H2,1-3H3. The molecule has 0 aliphatic heterocycles. The van der Waals surface area contributed by atoms with Gasteiger partial charge in [-0.2, -0.15) is 0 Å². The van der Waals surface area contributed by atoms with E-state index in [0.29, 0.717) is 5.56 Å². The first-order valence-corrected chi connectivity index (χ1v) is 10.8. The summed E-state index contributed by atoms with van der Waals surface area (Å²) in [4.78, 5) is 33.3. The molecule has 1 aliphatic rings. The number of ether oxygens (including phenoxy) is 1. The number of benzene rings is 1. The van der Waals surface area contributed by atoms with E-state index >= 15 is 0 Å². The lowest BCUT2D eigenvalue weighted by Crippen LogP contribution is -2.20. The summed E-state index contributed by atoms with van der Waals surface area (Å²) in [7, 11) is 0. The van der Waals surface area contributed by atoms with Gasteiger partial charge in [0.15, 0.2) is 0 Å². The summed E-state index contributed by atoms with van der Waals surface area (Å²) in [6, 6.07) is 3.75. The molecule has 2 rings (SSSR count). The van der Waals surface area contributed by atoms with Crippen LogP contribution in [0.4, 0.5) is 4.79 Å². The highest BCUT2D eigenvalue weighted by Gasteiger charge is 2.20. The van der Waals surface area contributed by atoms with Crippen molar-refractivity contribution in [2.75, 3.05) is 0 Å². The lowest BCUT2D eigenvalue weighted by molar-refractivity contribution is -0.453. The molecule has 1 aliphatic carbocycles. The van der Waals surface area contributed by atoms with Crippen LogP contribution in [0.1, 0.15) is 97.7 Å². The van der Waals surface area contributed by atoms with Crippen LogP contribution in [0.3, 0.4) is 0 Å². The van der Waals surface area contributed by atoms with Crippen LogP contribution in [0, 0.1) is 20.8 Å². The van der Waals surface area contributed by atoms with Crippen molar-refractivity contribution in [1.29, 1.82) is 0 Å². The predicted molar refractivity (Wildman–Crippen MR) is 109 cm³/mol. The van der Waals surface area contributed by atoms with Gasteiger partial charge in [0.1, 0.15) is 6.10 Å². The molecule has 0 atom stereocenters. The summed E-state index contributed by atoms with van der Waals surface area (Å²) >= 11 is 0. The third-order valence-corrected chi connectivity index (χ3v) is 5.41. The van der Waals surface area contributed by atoms with E-state index in [1.807, 2.05) is 32.9 Å². The Kier molecular flexibility index (Phi) is 9.98. The monoisotopic (exact) mass is 406 g/mol. The van der Waals surface area contributed by atoms with Crippen molar-refractivity contribution in [3.63, 3.8) is 0 Å². The molecule has 1 fully saturated rings. The number of carbonyl (C=O) groups is 2. The van der Waals surface area contributed by atoms with E-state index in [0.717, 1.165) is 55.2 Å². The molecule has 0 aromatic heterocycles. The molecule has 0 radical (unpaired) electrons. The summed E-state index contributed by atoms with van der Waals surface area (Å²) in [5.41, 5.74) is 2.99. The van der Waals surface area contributed by atoms with E-state index in [4.69, 9.17) is 4.74 Å². The van der Waals surface area contributed by atoms with Gasteiger partial charge in [0.25, 0.3) is 0 Å². The number of hydrogen-bond acceptors (Lipinski definition) is 6. The van der Waals surface area contributed by atoms with Crippen LogP contribution in [-0.4, -0.2) is 18.2 Å². The zero-order chi connectivity index (χ0) is 21.1. The van der Waals surface area contributed by atoms with E-state index in [-0.39, 0.29) is 6.10 Å². The fourth-order valence-corrected chi connectivity index (χ4v) is 4.02. The maximum atomic E-state index is 12.2. The highest BCUT2D eigenvalue weighted by Crippen LogP contribution is 2.20. The summed E-state index contributed by atoms with van der Waals surface area (Å²) in [6.07, 6.45) is 11.2. The van der Waals surface area contributed by atoms with E-state index in [2.05, 4.69) is 14.8 Å². The topological polar surface area (TPSA) is 71.1 Å². The van der Waals surface area contributed by atoms with E-state index < -0.39 is 12.1 Å². The maximum Gasteiger partial charge on any atom is 0.543 e. The van der Waals surface area contributed by atoms with Gasteiger partial charge in [0, 0.05) is 0 Å². The van der Waals surface area contributed by atoms with Crippen LogP contribution in [-0.2, 0) is 19.6 Å². The number of hydrogen-bond donors (Lipinski definition) is 0. The predicted octanol–water partition coefficient (Wildman–Crippen LogP) is 6.44. The third-order valence-electron chi connectivity index (χ3n) is 5.41. The number of aryl methyl sites for hydroxylation is 3. The van der Waals surface area contributed by atoms with E-state index in [1.54, 1.807) is 0 Å². The largest absolute Gasteiger partial charge is 0.543 e. The van der Waals surface area contributed by atoms with Crippen LogP contribution in [0.25, 0.3) is 0 Å². The first-order valence-electron chi connectivity index (χ1n) is 10.8. The van der Waals surface area contributed by atoms with Gasteiger partial charge in [-0.3, -0.25) is 4.89 Å². The highest BCUT2D eigenvalue weighted by molar-refractivity contribution is 5.92. The van der Waals surface area contributed by atoms with Crippen LogP contribution in [0.15, 0.2) is 12.1 Å². The van der Waals surface area contributed by atoms with Crippen LogP contribution >= 0.6 is 0 Å². The molecular formula is C23H34O6. The van der Waals surface area contributed by atoms with Crippen molar-refractivity contribution in [2.24, 2.45) is 0 Å². The second-order valence-electron chi connectivity index (χ2n) is 8.05. The van der Waals surface area contributed by atoms with Gasteiger partial charge in [0.2, 0.25) is 0 Å². The molecule has 0 amide bonds. The average molecular weight is 407 g/mol. The Bertz CT molecular complexity index is 634. The van der Waals surface area contributed by atoms with Crippen LogP contribution in [0.5, 0.6) is 0 Å². The third kappa shape index (κ3) is 8.44. The molecule has 6 nitrogen and oxygen atoms in total. The molecule has 0 bridgehead atoms. The first kappa shape index (κ1) is 23.2. The van der Waals surface area contributed by atoms with Gasteiger partial charge in [-0.05, 0) is 57.6 Å². The molecule has 0 spiro atoms. The average Bonchev–Trinajstić information content (AvgIpc) is 2.63. The first-order chi connectivity index (χ1) is 14.0. The normalized spacial score (nSPS) is 16.9. The van der Waals surface area contributed by atoms with Crippen molar-refractivity contribution < 1.29 is 29.1 Å². The van der Waals surface area contributed by atoms with Crippen molar-refractivity contribution in [2.45, 2.75) is 97.5 Å². The molecule has 0 unspecified atom stereocenters. The fourth-order valence-electron chi connectivity index (χ4n) is 4.02. The minimum atomic E-state index is -0.979. The quantitative estimate of drug-likeness (QED) is 0.325. The van der Waals surface area contributed by atoms with Crippen molar-refractivity contribution in [1.82, 2.24) is 0 Å². The summed E-state index contributed by atoms with van der Waals surface area (Å²) in [5.74, 6) is -0.709. The Labute approximate surface area is 173 Å². The Morgan fingerprint density at radius 2 is 1.24 bits per heavy atom. The van der Waals surface area contributed by atoms with Crippen molar-refractivity contribution in [3.8, 4) is 0 Å². The SMILES string of the molecule is Cc1cc(C)c(C(=O)OOOC(=O)OC2CCCCCCCCCCC2)c(C)c1. The second-order valence-corrected chi connectivity index (χ2v) is 8.05. The van der Waals surface area contributed by atoms with Crippen LogP contribution < -0.4 is 0 Å². The molecule has 0 heterocycles. The minimum Gasteiger partial charge on any atom is -0.429 e. The molecular weight excluding hydrogens is 372 g/mol. The zero-order valence-electron chi connectivity index (χ0n) is 18.0. The van der Waals surface area contributed by atoms with E-state index in [9.17, 15) is 9.59 Å². The van der Waals surface area contributed by atoms with Crippen LogP contribution in [0.2, 0.25) is 0 Å². The zero-order valence-corrected chi connectivity index (χ0v) is 18.0. The molecule has 1 saturated carbocycles. The van der Waals surface area contributed by atoms with Gasteiger partial charge < -0.3 is 4.74 Å². The van der Waals surface area contributed by atoms with Crippen molar-refractivity contribution >= 4 is 12.1 Å². The maximum absolute atomic E-state index is 12.2. The molecule has 0 saturated heterocycles. The molecule has 162 valence electrons. The fraction of sp³-hybridized carbons (Fsp3) is 0.652. The highest BCUT2D eigenvalue weighted by atomic mass is 17.5. The van der Waals surface area contributed by atoms with Gasteiger partial charge >= 0.3 is 12.1 Å². The Balaban J connectivity index is 1.76. The lowest BCUT2D eigenvalue weighted by Gasteiger charge is -2.17. The molecule has 1 aromatic carbocycles. The Hall–Kier alpha value is -2.08. The van der Waals surface area contributed by atoms with Gasteiger partial charge in [-0.15, -0.1) is 0 Å².